The number of hydrogen-bond acceptors (Lipinski definition) is 5. The number of aliphatic hydroxyl groups is 2. The van der Waals surface area contributed by atoms with Crippen molar-refractivity contribution in [2.45, 2.75) is 0 Å². The largest absolute Gasteiger partial charge is 0.491 e. The fourth-order valence-corrected chi connectivity index (χ4v) is 5.13. The van der Waals surface area contributed by atoms with Crippen molar-refractivity contribution in [1.29, 1.82) is 0 Å². The summed E-state index contributed by atoms with van der Waals surface area (Å²) in [5.41, 5.74) is 0. The first-order valence-electron chi connectivity index (χ1n) is 9.58. The van der Waals surface area contributed by atoms with Crippen LogP contribution in [0.25, 0.3) is 41.7 Å². The molecule has 0 bridgehead atoms. The molecule has 4 aromatic carbocycles. The Bertz CT molecular complexity index is 1340. The Balaban J connectivity index is 1.85. The van der Waals surface area contributed by atoms with Gasteiger partial charge in [-0.25, -0.2) is 0 Å². The first-order valence-corrected chi connectivity index (χ1v) is 10.4. The van der Waals surface area contributed by atoms with Crippen molar-refractivity contribution < 1.29 is 19.7 Å². The van der Waals surface area contributed by atoms with Crippen molar-refractivity contribution in [3.63, 3.8) is 0 Å². The van der Waals surface area contributed by atoms with Crippen molar-refractivity contribution in [2.75, 3.05) is 26.4 Å². The molecule has 5 aromatic rings. The molecular formula is C24H20O4S. The van der Waals surface area contributed by atoms with Crippen LogP contribution in [0.15, 0.2) is 60.7 Å². The molecule has 0 saturated carbocycles. The van der Waals surface area contributed by atoms with Gasteiger partial charge in [0.15, 0.2) is 0 Å². The lowest BCUT2D eigenvalue weighted by molar-refractivity contribution is 0.201. The lowest BCUT2D eigenvalue weighted by Gasteiger charge is -2.10. The Morgan fingerprint density at radius 1 is 0.724 bits per heavy atom. The molecule has 5 heteroatoms. The summed E-state index contributed by atoms with van der Waals surface area (Å²) in [6.45, 7) is 0.500. The Kier molecular flexibility index (Phi) is 4.72. The van der Waals surface area contributed by atoms with Crippen molar-refractivity contribution in [3.05, 3.63) is 60.7 Å². The SMILES string of the molecule is OCCOc1ccc2ccc3sc4c5ccccc5c(OCCO)cc4c3c2c1. The van der Waals surface area contributed by atoms with Gasteiger partial charge in [0.2, 0.25) is 0 Å². The highest BCUT2D eigenvalue weighted by Gasteiger charge is 2.15. The summed E-state index contributed by atoms with van der Waals surface area (Å²) in [6, 6.07) is 20.7. The third-order valence-corrected chi connectivity index (χ3v) is 6.31. The quantitative estimate of drug-likeness (QED) is 0.413. The van der Waals surface area contributed by atoms with Crippen molar-refractivity contribution in [2.24, 2.45) is 0 Å². The van der Waals surface area contributed by atoms with Crippen LogP contribution in [0.4, 0.5) is 0 Å². The minimum absolute atomic E-state index is 0.0127. The average Bonchev–Trinajstić information content (AvgIpc) is 3.15. The second-order valence-corrected chi connectivity index (χ2v) is 7.92. The molecule has 0 spiro atoms. The number of hydrogen-bond donors (Lipinski definition) is 2. The molecular weight excluding hydrogens is 384 g/mol. The van der Waals surface area contributed by atoms with E-state index in [1.165, 1.54) is 14.8 Å². The van der Waals surface area contributed by atoms with Gasteiger partial charge < -0.3 is 19.7 Å². The van der Waals surface area contributed by atoms with E-state index in [-0.39, 0.29) is 26.4 Å². The molecule has 0 aliphatic rings. The fraction of sp³-hybridized carbons (Fsp3) is 0.167. The maximum absolute atomic E-state index is 9.23. The lowest BCUT2D eigenvalue weighted by Crippen LogP contribution is -2.02. The van der Waals surface area contributed by atoms with E-state index < -0.39 is 0 Å². The fourth-order valence-electron chi connectivity index (χ4n) is 3.89. The highest BCUT2D eigenvalue weighted by atomic mass is 32.1. The normalized spacial score (nSPS) is 11.7. The molecule has 1 aromatic heterocycles. The Labute approximate surface area is 171 Å². The standard InChI is InChI=1S/C24H20O4S/c25-9-11-27-16-7-5-15-6-8-22-23(19(15)13-16)20-14-21(28-12-10-26)17-3-1-2-4-18(17)24(20)29-22/h1-8,13-14,25-26H,9-12H2. The molecule has 2 N–H and O–H groups in total. The molecule has 0 saturated heterocycles. The third-order valence-electron chi connectivity index (χ3n) is 5.10. The van der Waals surface area contributed by atoms with Crippen molar-refractivity contribution in [1.82, 2.24) is 0 Å². The monoisotopic (exact) mass is 404 g/mol. The first-order chi connectivity index (χ1) is 14.3. The zero-order valence-electron chi connectivity index (χ0n) is 15.7. The molecule has 0 unspecified atom stereocenters. The van der Waals surface area contributed by atoms with Crippen LogP contribution in [-0.4, -0.2) is 36.6 Å². The van der Waals surface area contributed by atoms with Crippen LogP contribution >= 0.6 is 11.3 Å². The predicted molar refractivity (Wildman–Crippen MR) is 120 cm³/mol. The number of benzene rings is 4. The molecule has 0 radical (unpaired) electrons. The maximum atomic E-state index is 9.23. The predicted octanol–water partition coefficient (Wildman–Crippen LogP) is 5.10. The number of fused-ring (bicyclic) bond motifs is 7. The Morgan fingerprint density at radius 2 is 1.48 bits per heavy atom. The van der Waals surface area contributed by atoms with Gasteiger partial charge in [-0.3, -0.25) is 0 Å². The van der Waals surface area contributed by atoms with Crippen LogP contribution in [0.1, 0.15) is 0 Å². The summed E-state index contributed by atoms with van der Waals surface area (Å²) in [4.78, 5) is 0. The van der Waals surface area contributed by atoms with Crippen LogP contribution in [0, 0.1) is 0 Å². The smallest absolute Gasteiger partial charge is 0.127 e. The third kappa shape index (κ3) is 3.08. The van der Waals surface area contributed by atoms with Gasteiger partial charge in [-0.05, 0) is 35.0 Å². The molecule has 0 amide bonds. The second kappa shape index (κ2) is 7.52. The molecule has 29 heavy (non-hydrogen) atoms. The van der Waals surface area contributed by atoms with E-state index in [1.807, 2.05) is 24.3 Å². The van der Waals surface area contributed by atoms with Crippen LogP contribution < -0.4 is 9.47 Å². The van der Waals surface area contributed by atoms with Gasteiger partial charge in [0.05, 0.1) is 13.2 Å². The summed E-state index contributed by atoms with van der Waals surface area (Å²) in [7, 11) is 0. The highest BCUT2D eigenvalue weighted by Crippen LogP contribution is 2.45. The van der Waals surface area contributed by atoms with Gasteiger partial charge in [0, 0.05) is 30.9 Å². The zero-order chi connectivity index (χ0) is 19.8. The van der Waals surface area contributed by atoms with E-state index >= 15 is 0 Å². The topological polar surface area (TPSA) is 58.9 Å². The van der Waals surface area contributed by atoms with Crippen LogP contribution in [-0.2, 0) is 0 Å². The number of thiophene rings is 1. The molecule has 5 rings (SSSR count). The van der Waals surface area contributed by atoms with Gasteiger partial charge in [-0.1, -0.05) is 36.4 Å². The van der Waals surface area contributed by atoms with E-state index in [0.717, 1.165) is 38.4 Å². The number of rotatable bonds is 6. The number of ether oxygens (including phenoxy) is 2. The summed E-state index contributed by atoms with van der Waals surface area (Å²) < 4.78 is 14.0. The molecule has 0 fully saturated rings. The summed E-state index contributed by atoms with van der Waals surface area (Å²) in [6.07, 6.45) is 0. The molecule has 1 heterocycles. The average molecular weight is 404 g/mol. The molecule has 0 aliphatic heterocycles. The van der Waals surface area contributed by atoms with Gasteiger partial charge in [0.1, 0.15) is 24.7 Å². The van der Waals surface area contributed by atoms with Crippen molar-refractivity contribution >= 4 is 53.1 Å². The van der Waals surface area contributed by atoms with Gasteiger partial charge in [-0.15, -0.1) is 11.3 Å². The van der Waals surface area contributed by atoms with Crippen molar-refractivity contribution in [3.8, 4) is 11.5 Å². The van der Waals surface area contributed by atoms with Gasteiger partial charge in [-0.2, -0.15) is 0 Å². The van der Waals surface area contributed by atoms with Crippen LogP contribution in [0.3, 0.4) is 0 Å². The summed E-state index contributed by atoms with van der Waals surface area (Å²) >= 11 is 1.78. The minimum Gasteiger partial charge on any atom is -0.491 e. The van der Waals surface area contributed by atoms with Gasteiger partial charge in [0.25, 0.3) is 0 Å². The molecule has 146 valence electrons. The van der Waals surface area contributed by atoms with Crippen LogP contribution in [0.2, 0.25) is 0 Å². The minimum atomic E-state index is -0.0226. The molecule has 4 nitrogen and oxygen atoms in total. The zero-order valence-corrected chi connectivity index (χ0v) is 16.5. The van der Waals surface area contributed by atoms with Gasteiger partial charge >= 0.3 is 0 Å². The first kappa shape index (κ1) is 18.2. The summed E-state index contributed by atoms with van der Waals surface area (Å²) in [5.74, 6) is 1.53. The van der Waals surface area contributed by atoms with E-state index in [4.69, 9.17) is 14.6 Å². The maximum Gasteiger partial charge on any atom is 0.127 e. The Morgan fingerprint density at radius 3 is 2.31 bits per heavy atom. The van der Waals surface area contributed by atoms with E-state index in [2.05, 4.69) is 36.4 Å². The van der Waals surface area contributed by atoms with E-state index in [9.17, 15) is 5.11 Å². The molecule has 0 aliphatic carbocycles. The number of aliphatic hydroxyl groups excluding tert-OH is 2. The van der Waals surface area contributed by atoms with E-state index in [1.54, 1.807) is 11.3 Å². The Hall–Kier alpha value is -2.86. The van der Waals surface area contributed by atoms with E-state index in [0.29, 0.717) is 0 Å². The molecule has 0 atom stereocenters. The summed E-state index contributed by atoms with van der Waals surface area (Å²) in [5, 5.41) is 25.1. The lowest BCUT2D eigenvalue weighted by atomic mass is 10.0. The van der Waals surface area contributed by atoms with Crippen LogP contribution in [0.5, 0.6) is 11.5 Å². The highest BCUT2D eigenvalue weighted by molar-refractivity contribution is 7.26. The second-order valence-electron chi connectivity index (χ2n) is 6.86.